The maximum absolute atomic E-state index is 11.1. The van der Waals surface area contributed by atoms with Gasteiger partial charge in [0.25, 0.3) is 0 Å². The Morgan fingerprint density at radius 3 is 3.15 bits per heavy atom. The van der Waals surface area contributed by atoms with Gasteiger partial charge >= 0.3 is 0 Å². The van der Waals surface area contributed by atoms with E-state index in [9.17, 15) is 4.79 Å². The van der Waals surface area contributed by atoms with E-state index >= 15 is 0 Å². The maximum atomic E-state index is 11.1. The highest BCUT2D eigenvalue weighted by Crippen LogP contribution is 2.18. The second kappa shape index (κ2) is 2.93. The second-order valence-corrected chi connectivity index (χ2v) is 3.80. The topological polar surface area (TPSA) is 54.6 Å². The molecule has 1 N–H and O–H groups in total. The van der Waals surface area contributed by atoms with Crippen molar-refractivity contribution in [3.05, 3.63) is 23.0 Å². The van der Waals surface area contributed by atoms with Gasteiger partial charge in [-0.05, 0) is 0 Å². The smallest absolute Gasteiger partial charge is 0.194 e. The van der Waals surface area contributed by atoms with E-state index in [1.54, 1.807) is 16.8 Å². The molecule has 4 nitrogen and oxygen atoms in total. The van der Waals surface area contributed by atoms with E-state index in [4.69, 9.17) is 5.11 Å². The van der Waals surface area contributed by atoms with Crippen LogP contribution in [0.3, 0.4) is 0 Å². The Morgan fingerprint density at radius 1 is 1.77 bits per heavy atom. The molecule has 0 radical (unpaired) electrons. The molecule has 0 saturated heterocycles. The number of ketones is 1. The minimum Gasteiger partial charge on any atom is -0.391 e. The van der Waals surface area contributed by atoms with Crippen LogP contribution in [0.2, 0.25) is 0 Å². The van der Waals surface area contributed by atoms with Crippen LogP contribution in [0.25, 0.3) is 4.96 Å². The first kappa shape index (κ1) is 8.40. The zero-order chi connectivity index (χ0) is 9.42. The lowest BCUT2D eigenvalue weighted by Crippen LogP contribution is -1.95. The largest absolute Gasteiger partial charge is 0.391 e. The first-order valence-corrected chi connectivity index (χ1v) is 4.61. The number of imidazole rings is 1. The molecule has 0 fully saturated rings. The lowest BCUT2D eigenvalue weighted by Gasteiger charge is -1.89. The van der Waals surface area contributed by atoms with Gasteiger partial charge in [0.15, 0.2) is 10.7 Å². The molecular weight excluding hydrogens is 188 g/mol. The van der Waals surface area contributed by atoms with Crippen LogP contribution in [0.4, 0.5) is 0 Å². The van der Waals surface area contributed by atoms with Gasteiger partial charge < -0.3 is 5.11 Å². The number of carbonyl (C=O) groups excluding carboxylic acids is 1. The molecule has 0 amide bonds. The average Bonchev–Trinajstić information content (AvgIpc) is 2.59. The predicted octanol–water partition coefficient (Wildman–Crippen LogP) is 1.09. The fourth-order valence-electron chi connectivity index (χ4n) is 1.17. The zero-order valence-electron chi connectivity index (χ0n) is 7.02. The Bertz CT molecular complexity index is 458. The number of rotatable bonds is 2. The van der Waals surface area contributed by atoms with Crippen LogP contribution in [0, 0.1) is 0 Å². The van der Waals surface area contributed by atoms with Crippen LogP contribution in [0.1, 0.15) is 22.3 Å². The summed E-state index contributed by atoms with van der Waals surface area (Å²) in [5.74, 6) is -0.0187. The van der Waals surface area contributed by atoms with E-state index in [-0.39, 0.29) is 12.4 Å². The molecule has 0 bridgehead atoms. The molecule has 0 aliphatic heterocycles. The number of Topliss-reactive ketones (excluding diaryl/α,β-unsaturated/α-hetero) is 1. The summed E-state index contributed by atoms with van der Waals surface area (Å²) in [4.78, 5) is 16.7. The quantitative estimate of drug-likeness (QED) is 0.731. The molecule has 2 aromatic heterocycles. The number of hydrogen-bond donors (Lipinski definition) is 1. The van der Waals surface area contributed by atoms with Gasteiger partial charge in [-0.2, -0.15) is 0 Å². The molecule has 0 aliphatic carbocycles. The summed E-state index contributed by atoms with van der Waals surface area (Å²) in [6.45, 7) is 1.49. The molecule has 0 unspecified atom stereocenters. The fraction of sp³-hybridized carbons (Fsp3) is 0.250. The standard InChI is InChI=1S/C8H8N2O2S/c1-5(12)7-2-9-8-10(7)3-6(4-11)13-8/h2-3,11H,4H2,1H3. The zero-order valence-corrected chi connectivity index (χ0v) is 7.84. The van der Waals surface area contributed by atoms with Crippen LogP contribution < -0.4 is 0 Å². The molecule has 5 heteroatoms. The van der Waals surface area contributed by atoms with E-state index in [2.05, 4.69) is 4.98 Å². The third kappa shape index (κ3) is 1.26. The molecule has 13 heavy (non-hydrogen) atoms. The van der Waals surface area contributed by atoms with Gasteiger partial charge in [0.2, 0.25) is 0 Å². The van der Waals surface area contributed by atoms with Gasteiger partial charge in [-0.15, -0.1) is 0 Å². The predicted molar refractivity (Wildman–Crippen MR) is 49.0 cm³/mol. The van der Waals surface area contributed by atoms with Crippen LogP contribution >= 0.6 is 11.3 Å². The summed E-state index contributed by atoms with van der Waals surface area (Å²) in [7, 11) is 0. The third-order valence-corrected chi connectivity index (χ3v) is 2.76. The summed E-state index contributed by atoms with van der Waals surface area (Å²) >= 11 is 1.39. The van der Waals surface area contributed by atoms with Crippen molar-refractivity contribution in [1.82, 2.24) is 9.38 Å². The molecule has 68 valence electrons. The lowest BCUT2D eigenvalue weighted by molar-refractivity contribution is 0.101. The number of fused-ring (bicyclic) bond motifs is 1. The molecule has 0 saturated carbocycles. The molecule has 0 aromatic carbocycles. The Labute approximate surface area is 78.5 Å². The first-order valence-electron chi connectivity index (χ1n) is 3.80. The third-order valence-electron chi connectivity index (χ3n) is 1.77. The van der Waals surface area contributed by atoms with Crippen molar-refractivity contribution in [3.63, 3.8) is 0 Å². The van der Waals surface area contributed by atoms with E-state index in [0.717, 1.165) is 9.84 Å². The number of hydrogen-bond acceptors (Lipinski definition) is 4. The SMILES string of the molecule is CC(=O)c1cnc2sc(CO)cn12. The molecule has 0 atom stereocenters. The second-order valence-electron chi connectivity index (χ2n) is 2.71. The molecule has 2 rings (SSSR count). The average molecular weight is 196 g/mol. The maximum Gasteiger partial charge on any atom is 0.194 e. The summed E-state index contributed by atoms with van der Waals surface area (Å²) in [6, 6.07) is 0. The van der Waals surface area contributed by atoms with Crippen molar-refractivity contribution in [2.75, 3.05) is 0 Å². The van der Waals surface area contributed by atoms with E-state index in [1.165, 1.54) is 18.3 Å². The fourth-order valence-corrected chi connectivity index (χ4v) is 1.98. The lowest BCUT2D eigenvalue weighted by atomic mass is 10.3. The Morgan fingerprint density at radius 2 is 2.54 bits per heavy atom. The number of thiazole rings is 1. The Balaban J connectivity index is 2.65. The van der Waals surface area contributed by atoms with Crippen LogP contribution in [-0.4, -0.2) is 20.3 Å². The van der Waals surface area contributed by atoms with Crippen molar-refractivity contribution in [2.45, 2.75) is 13.5 Å². The monoisotopic (exact) mass is 196 g/mol. The van der Waals surface area contributed by atoms with Gasteiger partial charge in [0.05, 0.1) is 17.7 Å². The van der Waals surface area contributed by atoms with Crippen molar-refractivity contribution < 1.29 is 9.90 Å². The summed E-state index contributed by atoms with van der Waals surface area (Å²) in [5, 5.41) is 8.87. The van der Waals surface area contributed by atoms with Gasteiger partial charge in [0.1, 0.15) is 5.69 Å². The molecule has 0 aliphatic rings. The number of carbonyl (C=O) groups is 1. The van der Waals surface area contributed by atoms with Gasteiger partial charge in [-0.3, -0.25) is 9.20 Å². The normalized spacial score (nSPS) is 10.9. The van der Waals surface area contributed by atoms with Crippen molar-refractivity contribution in [1.29, 1.82) is 0 Å². The van der Waals surface area contributed by atoms with Crippen LogP contribution in [0.5, 0.6) is 0 Å². The van der Waals surface area contributed by atoms with Crippen molar-refractivity contribution >= 4 is 22.1 Å². The summed E-state index contributed by atoms with van der Waals surface area (Å²) in [5.41, 5.74) is 0.561. The Hall–Kier alpha value is -1.20. The molecular formula is C8H8N2O2S. The number of nitrogens with zero attached hydrogens (tertiary/aromatic N) is 2. The van der Waals surface area contributed by atoms with Gasteiger partial charge in [-0.1, -0.05) is 11.3 Å². The van der Waals surface area contributed by atoms with Crippen LogP contribution in [0.15, 0.2) is 12.4 Å². The molecule has 0 spiro atoms. The van der Waals surface area contributed by atoms with E-state index in [1.807, 2.05) is 0 Å². The van der Waals surface area contributed by atoms with Crippen molar-refractivity contribution in [3.8, 4) is 0 Å². The highest BCUT2D eigenvalue weighted by Gasteiger charge is 2.10. The van der Waals surface area contributed by atoms with Crippen LogP contribution in [-0.2, 0) is 6.61 Å². The highest BCUT2D eigenvalue weighted by atomic mass is 32.1. The highest BCUT2D eigenvalue weighted by molar-refractivity contribution is 7.17. The number of aliphatic hydroxyl groups is 1. The molecule has 2 aromatic rings. The number of aliphatic hydroxyl groups excluding tert-OH is 1. The molecule has 2 heterocycles. The van der Waals surface area contributed by atoms with Gasteiger partial charge in [0, 0.05) is 13.1 Å². The Kier molecular flexibility index (Phi) is 1.90. The number of aromatic nitrogens is 2. The van der Waals surface area contributed by atoms with Gasteiger partial charge in [-0.25, -0.2) is 4.98 Å². The summed E-state index contributed by atoms with van der Waals surface area (Å²) < 4.78 is 1.71. The van der Waals surface area contributed by atoms with E-state index < -0.39 is 0 Å². The van der Waals surface area contributed by atoms with E-state index in [0.29, 0.717) is 5.69 Å². The summed E-state index contributed by atoms with van der Waals surface area (Å²) in [6.07, 6.45) is 3.29. The minimum absolute atomic E-state index is 0.00856. The van der Waals surface area contributed by atoms with Crippen molar-refractivity contribution in [2.24, 2.45) is 0 Å². The minimum atomic E-state index is -0.0187. The first-order chi connectivity index (χ1) is 6.22.